The smallest absolute Gasteiger partial charge is 0.271 e. The van der Waals surface area contributed by atoms with E-state index < -0.39 is 10.0 Å². The summed E-state index contributed by atoms with van der Waals surface area (Å²) in [6, 6.07) is 8.85. The van der Waals surface area contributed by atoms with Gasteiger partial charge in [-0.25, -0.2) is 8.42 Å². The molecule has 18 heavy (non-hydrogen) atoms. The molecule has 1 N–H and O–H groups in total. The second kappa shape index (κ2) is 5.09. The number of nitrogens with one attached hydrogen (secondary N) is 1. The highest BCUT2D eigenvalue weighted by Gasteiger charge is 2.16. The second-order valence-corrected chi connectivity index (χ2v) is 7.52. The zero-order valence-electron chi connectivity index (χ0n) is 9.20. The summed E-state index contributed by atoms with van der Waals surface area (Å²) < 4.78 is 26.7. The van der Waals surface area contributed by atoms with Gasteiger partial charge in [0.05, 0.1) is 15.7 Å². The highest BCUT2D eigenvalue weighted by atomic mass is 35.5. The predicted molar refractivity (Wildman–Crippen MR) is 75.2 cm³/mol. The Morgan fingerprint density at radius 2 is 2.00 bits per heavy atom. The molecule has 0 aliphatic carbocycles. The van der Waals surface area contributed by atoms with Gasteiger partial charge in [0.2, 0.25) is 0 Å². The molecule has 1 aromatic carbocycles. The molecule has 2 aromatic rings. The van der Waals surface area contributed by atoms with Crippen LogP contribution in [0, 0.1) is 13.0 Å². The van der Waals surface area contributed by atoms with E-state index in [-0.39, 0.29) is 14.9 Å². The van der Waals surface area contributed by atoms with E-state index >= 15 is 0 Å². The molecule has 2 rings (SSSR count). The number of hydrogen-bond donors (Lipinski definition) is 1. The molecule has 1 aromatic heterocycles. The molecule has 0 atom stereocenters. The van der Waals surface area contributed by atoms with E-state index in [0.717, 1.165) is 4.88 Å². The van der Waals surface area contributed by atoms with E-state index in [9.17, 15) is 8.42 Å². The molecule has 95 valence electrons. The average Bonchev–Trinajstić information content (AvgIpc) is 2.71. The molecule has 0 bridgehead atoms. The second-order valence-electron chi connectivity index (χ2n) is 3.51. The summed E-state index contributed by atoms with van der Waals surface area (Å²) in [5.74, 6) is 0. The molecule has 1 heterocycles. The first kappa shape index (κ1) is 13.7. The molecule has 3 nitrogen and oxygen atoms in total. The topological polar surface area (TPSA) is 46.2 Å². The highest BCUT2D eigenvalue weighted by Crippen LogP contribution is 2.27. The summed E-state index contributed by atoms with van der Waals surface area (Å²) in [6.07, 6.45) is 0. The van der Waals surface area contributed by atoms with Crippen molar-refractivity contribution in [1.29, 1.82) is 0 Å². The number of hydrogen-bond acceptors (Lipinski definition) is 3. The van der Waals surface area contributed by atoms with Crippen molar-refractivity contribution in [3.05, 3.63) is 45.3 Å². The van der Waals surface area contributed by atoms with Crippen molar-refractivity contribution >= 4 is 50.2 Å². The van der Waals surface area contributed by atoms with Crippen molar-refractivity contribution in [2.45, 2.75) is 11.1 Å². The number of thiophene rings is 1. The van der Waals surface area contributed by atoms with Gasteiger partial charge in [-0.15, -0.1) is 11.3 Å². The third-order valence-corrected chi connectivity index (χ3v) is 5.66. The molecule has 0 unspecified atom stereocenters. The van der Waals surface area contributed by atoms with E-state index in [1.54, 1.807) is 12.1 Å². The third-order valence-electron chi connectivity index (χ3n) is 2.08. The summed E-state index contributed by atoms with van der Waals surface area (Å²) in [5.41, 5.74) is 0.260. The average molecular weight is 321 g/mol. The predicted octanol–water partition coefficient (Wildman–Crippen LogP) is 3.96. The zero-order valence-corrected chi connectivity index (χ0v) is 12.3. The Labute approximate surface area is 119 Å². The fourth-order valence-electron chi connectivity index (χ4n) is 1.26. The van der Waals surface area contributed by atoms with Gasteiger partial charge in [-0.2, -0.15) is 0 Å². The molecule has 0 saturated carbocycles. The minimum absolute atomic E-state index is 0.250. The van der Waals surface area contributed by atoms with Crippen LogP contribution in [-0.2, 0) is 10.0 Å². The van der Waals surface area contributed by atoms with Crippen LogP contribution in [0.1, 0.15) is 4.88 Å². The van der Waals surface area contributed by atoms with E-state index in [4.69, 9.17) is 23.2 Å². The number of benzene rings is 1. The Bertz CT molecular complexity index is 680. The molecular weight excluding hydrogens is 313 g/mol. The first-order valence-corrected chi connectivity index (χ1v) is 7.90. The van der Waals surface area contributed by atoms with Gasteiger partial charge >= 0.3 is 0 Å². The van der Waals surface area contributed by atoms with E-state index in [1.165, 1.54) is 23.5 Å². The van der Waals surface area contributed by atoms with Crippen LogP contribution in [0.2, 0.25) is 10.0 Å². The highest BCUT2D eigenvalue weighted by molar-refractivity contribution is 7.94. The number of anilines is 1. The Balaban J connectivity index is 2.30. The Morgan fingerprint density at radius 1 is 1.28 bits per heavy atom. The summed E-state index contributed by atoms with van der Waals surface area (Å²) in [4.78, 5) is 0.925. The minimum Gasteiger partial charge on any atom is -0.278 e. The van der Waals surface area contributed by atoms with Gasteiger partial charge in [-0.3, -0.25) is 4.72 Å². The monoisotopic (exact) mass is 320 g/mol. The van der Waals surface area contributed by atoms with Crippen molar-refractivity contribution in [2.24, 2.45) is 0 Å². The summed E-state index contributed by atoms with van der Waals surface area (Å²) in [6.45, 7) is 1.84. The number of sulfonamides is 1. The Kier molecular flexibility index (Phi) is 3.87. The lowest BCUT2D eigenvalue weighted by atomic mass is 10.3. The van der Waals surface area contributed by atoms with E-state index in [1.807, 2.05) is 6.92 Å². The van der Waals surface area contributed by atoms with Gasteiger partial charge in [0.15, 0.2) is 0 Å². The normalized spacial score (nSPS) is 11.5. The van der Waals surface area contributed by atoms with Crippen LogP contribution in [0.3, 0.4) is 0 Å². The molecule has 1 radical (unpaired) electrons. The van der Waals surface area contributed by atoms with Gasteiger partial charge in [-0.1, -0.05) is 23.2 Å². The van der Waals surface area contributed by atoms with E-state index in [0.29, 0.717) is 5.02 Å². The molecule has 0 aliphatic rings. The molecule has 0 aliphatic heterocycles. The minimum atomic E-state index is -3.59. The fourth-order valence-corrected chi connectivity index (χ4v) is 3.83. The van der Waals surface area contributed by atoms with Crippen molar-refractivity contribution in [1.82, 2.24) is 0 Å². The lowest BCUT2D eigenvalue weighted by molar-refractivity contribution is 0.603. The fraction of sp³-hybridized carbons (Fsp3) is 0.0909. The van der Waals surface area contributed by atoms with Crippen LogP contribution in [0.25, 0.3) is 0 Å². The van der Waals surface area contributed by atoms with Gasteiger partial charge in [0.1, 0.15) is 4.21 Å². The maximum absolute atomic E-state index is 12.0. The largest absolute Gasteiger partial charge is 0.278 e. The van der Waals surface area contributed by atoms with Gasteiger partial charge in [0, 0.05) is 10.9 Å². The van der Waals surface area contributed by atoms with Crippen molar-refractivity contribution in [2.75, 3.05) is 4.72 Å². The van der Waals surface area contributed by atoms with Crippen molar-refractivity contribution in [3.63, 3.8) is 0 Å². The molecule has 7 heteroatoms. The summed E-state index contributed by atoms with van der Waals surface area (Å²) in [7, 11) is -3.59. The van der Waals surface area contributed by atoms with Gasteiger partial charge in [-0.05, 0) is 31.2 Å². The lowest BCUT2D eigenvalue weighted by Crippen LogP contribution is -2.11. The molecule has 0 saturated heterocycles. The van der Waals surface area contributed by atoms with Crippen LogP contribution in [0.15, 0.2) is 28.5 Å². The van der Waals surface area contributed by atoms with Crippen LogP contribution < -0.4 is 4.72 Å². The van der Waals surface area contributed by atoms with E-state index in [2.05, 4.69) is 10.8 Å². The summed E-state index contributed by atoms with van der Waals surface area (Å²) >= 11 is 12.7. The molecular formula is C11H8Cl2NO2S2. The Morgan fingerprint density at radius 3 is 2.56 bits per heavy atom. The molecule has 0 fully saturated rings. The number of rotatable bonds is 3. The number of aryl methyl sites for hydroxylation is 1. The number of halogens is 2. The van der Waals surface area contributed by atoms with Crippen LogP contribution >= 0.6 is 34.5 Å². The molecule has 0 spiro atoms. The first-order valence-electron chi connectivity index (χ1n) is 4.84. The Hall–Kier alpha value is -0.750. The van der Waals surface area contributed by atoms with Crippen molar-refractivity contribution in [3.8, 4) is 0 Å². The summed E-state index contributed by atoms with van der Waals surface area (Å²) in [5, 5.41) is 0.599. The van der Waals surface area contributed by atoms with Gasteiger partial charge < -0.3 is 0 Å². The zero-order chi connectivity index (χ0) is 13.3. The SMILES string of the molecule is Cc1ccc(S(=O)(=O)Nc2[c]cc(Cl)c(Cl)c2)s1. The quantitative estimate of drug-likeness (QED) is 0.930. The maximum Gasteiger partial charge on any atom is 0.271 e. The standard InChI is InChI=1S/C11H8Cl2NO2S2/c1-7-2-5-11(17-7)18(15,16)14-8-3-4-9(12)10(13)6-8/h2,4-6,14H,1H3. The van der Waals surface area contributed by atoms with Gasteiger partial charge in [0.25, 0.3) is 10.0 Å². The van der Waals surface area contributed by atoms with Crippen LogP contribution in [-0.4, -0.2) is 8.42 Å². The van der Waals surface area contributed by atoms with Crippen LogP contribution in [0.4, 0.5) is 5.69 Å². The maximum atomic E-state index is 12.0. The molecule has 0 amide bonds. The third kappa shape index (κ3) is 2.98. The lowest BCUT2D eigenvalue weighted by Gasteiger charge is -2.06. The van der Waals surface area contributed by atoms with Crippen molar-refractivity contribution < 1.29 is 8.42 Å². The first-order chi connectivity index (χ1) is 8.38. The van der Waals surface area contributed by atoms with Crippen LogP contribution in [0.5, 0.6) is 0 Å².